The van der Waals surface area contributed by atoms with Crippen molar-refractivity contribution in [1.82, 2.24) is 44.7 Å². The van der Waals surface area contributed by atoms with Crippen LogP contribution in [0.4, 0.5) is 34.9 Å². The van der Waals surface area contributed by atoms with E-state index >= 15 is 0 Å². The summed E-state index contributed by atoms with van der Waals surface area (Å²) in [5, 5.41) is 26.1. The molecule has 0 saturated carbocycles. The molecule has 96 heavy (non-hydrogen) atoms. The van der Waals surface area contributed by atoms with E-state index in [1.54, 1.807) is 26.0 Å². The first-order chi connectivity index (χ1) is 45.5. The van der Waals surface area contributed by atoms with Crippen molar-refractivity contribution in [3.05, 3.63) is 85.0 Å². The summed E-state index contributed by atoms with van der Waals surface area (Å²) in [6.45, 7) is 17.1. The maximum Gasteiger partial charge on any atom is 1.00 e. The van der Waals surface area contributed by atoms with Gasteiger partial charge in [0, 0.05) is 104 Å². The van der Waals surface area contributed by atoms with Crippen LogP contribution in [-0.2, 0) is 145 Å². The summed E-state index contributed by atoms with van der Waals surface area (Å²) < 4.78 is 103. The number of aryl methyl sites for hydroxylation is 6. The molecule has 6 aliphatic carbocycles. The monoisotopic (exact) mass is 1490 g/mol. The number of hydrogen-bond acceptors (Lipinski definition) is 20. The van der Waals surface area contributed by atoms with E-state index in [0.717, 1.165) is 150 Å². The Morgan fingerprint density at radius 2 is 0.906 bits per heavy atom. The van der Waals surface area contributed by atoms with Gasteiger partial charge in [0.1, 0.15) is 13.5 Å². The molecule has 12 rings (SSSR count). The summed E-state index contributed by atoms with van der Waals surface area (Å²) in [7, 11) is -4.68. The average molecular weight is 1490 g/mol. The van der Waals surface area contributed by atoms with Gasteiger partial charge in [-0.2, -0.15) is 15.0 Å². The van der Waals surface area contributed by atoms with E-state index in [-0.39, 0.29) is 70.0 Å². The summed E-state index contributed by atoms with van der Waals surface area (Å²) in [5.41, 5.74) is 19.9. The fourth-order valence-corrected chi connectivity index (χ4v) is 17.4. The molecule has 1 unspecified atom stereocenters. The van der Waals surface area contributed by atoms with E-state index in [1.807, 2.05) is 0 Å². The van der Waals surface area contributed by atoms with Crippen LogP contribution in [0.1, 0.15) is 125 Å². The summed E-state index contributed by atoms with van der Waals surface area (Å²) in [4.78, 5) is 12.9. The van der Waals surface area contributed by atoms with Crippen LogP contribution in [-0.4, -0.2) is 158 Å². The van der Waals surface area contributed by atoms with Crippen LogP contribution in [0.2, 0.25) is 51.4 Å². The number of rotatable bonds is 30. The van der Waals surface area contributed by atoms with Gasteiger partial charge in [0.15, 0.2) is 0 Å². The van der Waals surface area contributed by atoms with Gasteiger partial charge in [0.05, 0.1) is 11.5 Å². The quantitative estimate of drug-likeness (QED) is 0.0142. The molecule has 23 nitrogen and oxygen atoms in total. The van der Waals surface area contributed by atoms with Crippen molar-refractivity contribution < 1.29 is 78.8 Å². The van der Waals surface area contributed by atoms with Gasteiger partial charge in [-0.05, 0) is 214 Å². The Morgan fingerprint density at radius 1 is 0.531 bits per heavy atom. The fourth-order valence-electron chi connectivity index (χ4n) is 13.1. The topological polar surface area (TPSA) is 294 Å². The van der Waals surface area contributed by atoms with Crippen LogP contribution in [0.5, 0.6) is 0 Å². The summed E-state index contributed by atoms with van der Waals surface area (Å²) in [6, 6.07) is 9.19. The molecule has 6 aliphatic rings. The van der Waals surface area contributed by atoms with Crippen LogP contribution in [0.15, 0.2) is 33.7 Å². The van der Waals surface area contributed by atoms with Crippen molar-refractivity contribution in [2.75, 3.05) is 87.1 Å². The standard InChI is InChI=1S/C24H38N4O4SSi.C20H30N4O3SSi.C18H24N4O3S.C4H9BrO.Na/c1-31-12-7-14-33(29,30)24-26-23(28(27-24)17-32-13-15-34(2,3)4)25-22-20-10-5-8-18(20)16-19-9-6-11-21(19)22;1-29(2,3)11-10-27-13-24-19(22-20(23-24)28(25)26)21-18-16-8-4-6-14(16)12-15-7-5-9-17(15)18;1-25-9-4-10-26(23,24)18-20-17(21-22-18)19-16-14-7-2-5-12(14)11-13-6-3-8-15(13)16;1-6-4-2-3-5;/h16H,5-15,17H2,1-4H3,(H,25,26,27);12H,4-11,13H2,1-3H3,(H,25,26)(H,21,22,23);11H,2-10H2,1H3,(H2,19,20,21,22);2-4H2,1H3;/q;;;;+1/p-1. The van der Waals surface area contributed by atoms with Gasteiger partial charge < -0.3 is 44.2 Å². The van der Waals surface area contributed by atoms with Crippen molar-refractivity contribution in [3.8, 4) is 0 Å². The third-order valence-electron chi connectivity index (χ3n) is 18.0. The number of methoxy groups -OCH3 is 3. The molecule has 0 saturated heterocycles. The number of hydrogen-bond donors (Lipinski definition) is 4. The Hall–Kier alpha value is -3.80. The van der Waals surface area contributed by atoms with E-state index < -0.39 is 46.9 Å². The first kappa shape index (κ1) is 77.9. The van der Waals surface area contributed by atoms with Crippen molar-refractivity contribution in [1.29, 1.82) is 0 Å². The van der Waals surface area contributed by atoms with Crippen LogP contribution in [0.3, 0.4) is 0 Å². The van der Waals surface area contributed by atoms with Gasteiger partial charge in [-0.3, -0.25) is 4.21 Å². The summed E-state index contributed by atoms with van der Waals surface area (Å²) in [6.07, 6.45) is 21.8. The Bertz CT molecular complexity index is 3740. The van der Waals surface area contributed by atoms with Crippen molar-refractivity contribution >= 4 is 97.7 Å². The number of benzene rings is 3. The van der Waals surface area contributed by atoms with Gasteiger partial charge in [-0.15, -0.1) is 15.3 Å². The average Bonchev–Trinajstić information content (AvgIpc) is 1.62. The Balaban J connectivity index is 0.000000177. The van der Waals surface area contributed by atoms with Gasteiger partial charge in [0.2, 0.25) is 47.8 Å². The molecule has 4 N–H and O–H groups in total. The molecule has 3 heterocycles. The number of aromatic nitrogens is 9. The normalized spacial score (nSPS) is 15.4. The number of halogens is 1. The Kier molecular flexibility index (Phi) is 29.4. The number of alkyl halides is 1. The summed E-state index contributed by atoms with van der Waals surface area (Å²) >= 11 is 0.792. The third kappa shape index (κ3) is 21.2. The number of H-pyrrole nitrogens is 1. The predicted octanol–water partition coefficient (Wildman–Crippen LogP) is 8.43. The molecule has 0 aliphatic heterocycles. The number of fused-ring (bicyclic) bond motifs is 6. The molecule has 3 aromatic heterocycles. The van der Waals surface area contributed by atoms with Gasteiger partial charge >= 0.3 is 29.6 Å². The molecular formula is C66H100BrN12NaO11S3Si2. The molecule has 0 bridgehead atoms. The van der Waals surface area contributed by atoms with E-state index in [0.29, 0.717) is 57.1 Å². The fraction of sp³-hybridized carbons (Fsp3) is 0.636. The van der Waals surface area contributed by atoms with Gasteiger partial charge in [0.25, 0.3) is 5.16 Å². The van der Waals surface area contributed by atoms with Crippen molar-refractivity contribution in [2.45, 2.75) is 215 Å². The second kappa shape index (κ2) is 36.2. The molecule has 0 radical (unpaired) electrons. The Labute approximate surface area is 603 Å². The zero-order chi connectivity index (χ0) is 67.9. The second-order valence-electron chi connectivity index (χ2n) is 27.8. The van der Waals surface area contributed by atoms with E-state index in [1.165, 1.54) is 84.3 Å². The number of nitrogens with zero attached hydrogens (tertiary/aromatic N) is 8. The third-order valence-corrected chi connectivity index (χ3v) is 25.6. The van der Waals surface area contributed by atoms with Crippen molar-refractivity contribution in [3.63, 3.8) is 0 Å². The minimum Gasteiger partial charge on any atom is -0.766 e. The number of anilines is 6. The zero-order valence-corrected chi connectivity index (χ0v) is 66.3. The molecule has 0 spiro atoms. The van der Waals surface area contributed by atoms with Crippen LogP contribution < -0.4 is 45.5 Å². The molecule has 0 fully saturated rings. The van der Waals surface area contributed by atoms with E-state index in [2.05, 4.69) is 125 Å². The number of nitrogens with one attached hydrogen (secondary N) is 4. The molecule has 0 amide bonds. The Morgan fingerprint density at radius 3 is 1.28 bits per heavy atom. The SMILES string of the molecule is COCCCBr.COCCCS(=O)(=O)c1nc(Nc2c3c(cc4c2CCC4)CCC3)n(COCC[Si](C)(C)C)n1.COCCCS(=O)(=O)c1nc(Nc2c3c(cc4c2CCC4)CCC3)n[nH]1.C[Si](C)(C)CCOCn1nc(S(=O)[O-])nc1Nc1c2c(cc3c1CCC3)CCC2.[Na+]. The predicted molar refractivity (Wildman–Crippen MR) is 381 cm³/mol. The molecule has 524 valence electrons. The van der Waals surface area contributed by atoms with Crippen LogP contribution in [0, 0.1) is 0 Å². The van der Waals surface area contributed by atoms with E-state index in [9.17, 15) is 25.6 Å². The van der Waals surface area contributed by atoms with E-state index in [4.69, 9.17) is 23.7 Å². The first-order valence-electron chi connectivity index (χ1n) is 33.8. The molecule has 3 aromatic carbocycles. The maximum absolute atomic E-state index is 12.9. The summed E-state index contributed by atoms with van der Waals surface area (Å²) in [5.74, 6) is 1.15. The van der Waals surface area contributed by atoms with Gasteiger partial charge in [-0.25, -0.2) is 31.3 Å². The van der Waals surface area contributed by atoms with Crippen molar-refractivity contribution in [2.24, 2.45) is 0 Å². The molecule has 30 heteroatoms. The smallest absolute Gasteiger partial charge is 0.766 e. The number of ether oxygens (including phenoxy) is 5. The first-order valence-corrected chi connectivity index (χ1v) is 46.8. The largest absolute Gasteiger partial charge is 1.00 e. The van der Waals surface area contributed by atoms with Crippen LogP contribution >= 0.6 is 15.9 Å². The number of aromatic amines is 1. The number of sulfone groups is 2. The maximum atomic E-state index is 12.9. The minimum absolute atomic E-state index is 0. The van der Waals surface area contributed by atoms with Gasteiger partial charge in [-0.1, -0.05) is 73.4 Å². The zero-order valence-electron chi connectivity index (χ0n) is 58.2. The molecular weight excluding hydrogens is 1390 g/mol. The molecule has 1 atom stereocenters. The van der Waals surface area contributed by atoms with Crippen LogP contribution in [0.25, 0.3) is 0 Å². The molecule has 6 aromatic rings. The minimum atomic E-state index is -3.62. The second-order valence-corrected chi connectivity index (χ2v) is 44.7.